The Labute approximate surface area is 137 Å². The summed E-state index contributed by atoms with van der Waals surface area (Å²) in [6.07, 6.45) is -0.0700. The van der Waals surface area contributed by atoms with Crippen LogP contribution >= 0.6 is 0 Å². The maximum atomic E-state index is 13.8. The largest absolute Gasteiger partial charge is 0.339 e. The molecule has 1 atom stereocenters. The van der Waals surface area contributed by atoms with Crippen molar-refractivity contribution >= 4 is 11.6 Å². The van der Waals surface area contributed by atoms with Crippen LogP contribution in [0.25, 0.3) is 0 Å². The number of rotatable bonds is 5. The minimum Gasteiger partial charge on any atom is -0.339 e. The smallest absolute Gasteiger partial charge is 0.269 e. The summed E-state index contributed by atoms with van der Waals surface area (Å²) in [6, 6.07) is 8.16. The van der Waals surface area contributed by atoms with E-state index >= 15 is 0 Å². The first-order valence-corrected chi connectivity index (χ1v) is 7.23. The molecule has 0 aromatic heterocycles. The van der Waals surface area contributed by atoms with Gasteiger partial charge < -0.3 is 4.90 Å². The maximum absolute atomic E-state index is 13.8. The monoisotopic (exact) mass is 334 g/mol. The van der Waals surface area contributed by atoms with E-state index in [-0.39, 0.29) is 23.6 Å². The average molecular weight is 334 g/mol. The zero-order valence-electron chi connectivity index (χ0n) is 13.2. The first-order chi connectivity index (χ1) is 11.3. The van der Waals surface area contributed by atoms with Gasteiger partial charge in [0, 0.05) is 24.7 Å². The van der Waals surface area contributed by atoms with Crippen molar-refractivity contribution in [3.63, 3.8) is 0 Å². The number of hydrogen-bond acceptors (Lipinski definition) is 3. The summed E-state index contributed by atoms with van der Waals surface area (Å²) >= 11 is 0. The highest BCUT2D eigenvalue weighted by atomic mass is 19.1. The number of hydrogen-bond donors (Lipinski definition) is 0. The van der Waals surface area contributed by atoms with E-state index in [2.05, 4.69) is 0 Å². The molecule has 0 N–H and O–H groups in total. The van der Waals surface area contributed by atoms with Gasteiger partial charge in [0.25, 0.3) is 5.69 Å². The predicted octanol–water partition coefficient (Wildman–Crippen LogP) is 3.64. The summed E-state index contributed by atoms with van der Waals surface area (Å²) in [7, 11) is 1.48. The van der Waals surface area contributed by atoms with Crippen molar-refractivity contribution in [2.24, 2.45) is 0 Å². The fourth-order valence-corrected chi connectivity index (χ4v) is 2.34. The number of carbonyl (C=O) groups is 1. The predicted molar refractivity (Wildman–Crippen MR) is 84.3 cm³/mol. The van der Waals surface area contributed by atoms with E-state index < -0.39 is 22.6 Å². The fraction of sp³-hybridized carbons (Fsp3) is 0.235. The Kier molecular flexibility index (Phi) is 5.23. The van der Waals surface area contributed by atoms with E-state index in [1.807, 2.05) is 0 Å². The number of nitro benzene ring substituents is 1. The zero-order chi connectivity index (χ0) is 17.9. The topological polar surface area (TPSA) is 63.5 Å². The van der Waals surface area contributed by atoms with Crippen LogP contribution in [0.3, 0.4) is 0 Å². The lowest BCUT2D eigenvalue weighted by atomic mass is 10.0. The highest BCUT2D eigenvalue weighted by Crippen LogP contribution is 2.24. The lowest BCUT2D eigenvalue weighted by molar-refractivity contribution is -0.384. The molecule has 0 heterocycles. The van der Waals surface area contributed by atoms with Crippen molar-refractivity contribution in [2.75, 3.05) is 7.05 Å². The Hall–Kier alpha value is -2.83. The van der Waals surface area contributed by atoms with E-state index in [9.17, 15) is 23.7 Å². The molecule has 0 saturated heterocycles. The van der Waals surface area contributed by atoms with Crippen LogP contribution < -0.4 is 0 Å². The van der Waals surface area contributed by atoms with Gasteiger partial charge >= 0.3 is 0 Å². The molecule has 2 aromatic rings. The number of nitrogens with zero attached hydrogens (tertiary/aromatic N) is 2. The number of likely N-dealkylation sites (N-methyl/N-ethyl adjacent to an activating group) is 1. The van der Waals surface area contributed by atoms with Crippen LogP contribution in [0, 0.1) is 21.7 Å². The number of nitro groups is 1. The van der Waals surface area contributed by atoms with E-state index in [4.69, 9.17) is 0 Å². The standard InChI is InChI=1S/C17H16F2N2O3/c1-11(15-10-13(18)6-7-16(15)19)20(2)17(22)9-12-4-3-5-14(8-12)21(23)24/h3-8,10-11H,9H2,1-2H3/t11-/m0/s1. The minimum atomic E-state index is -0.674. The van der Waals surface area contributed by atoms with Gasteiger partial charge in [-0.05, 0) is 30.7 Å². The van der Waals surface area contributed by atoms with E-state index in [0.717, 1.165) is 18.2 Å². The summed E-state index contributed by atoms with van der Waals surface area (Å²) in [4.78, 5) is 23.9. The molecule has 0 aliphatic heterocycles. The molecular weight excluding hydrogens is 318 g/mol. The Bertz CT molecular complexity index is 780. The molecule has 0 spiro atoms. The molecule has 0 aliphatic carbocycles. The first kappa shape index (κ1) is 17.5. The van der Waals surface area contributed by atoms with Crippen molar-refractivity contribution in [3.05, 3.63) is 75.3 Å². The molecule has 2 rings (SSSR count). The van der Waals surface area contributed by atoms with Gasteiger partial charge in [0.2, 0.25) is 5.91 Å². The van der Waals surface area contributed by atoms with Crippen LogP contribution in [0.15, 0.2) is 42.5 Å². The van der Waals surface area contributed by atoms with Gasteiger partial charge in [-0.3, -0.25) is 14.9 Å². The Balaban J connectivity index is 2.15. The second-order valence-corrected chi connectivity index (χ2v) is 5.45. The molecule has 7 heteroatoms. The number of halogens is 2. The molecule has 24 heavy (non-hydrogen) atoms. The SMILES string of the molecule is C[C@@H](c1cc(F)ccc1F)N(C)C(=O)Cc1cccc([N+](=O)[O-])c1. The quantitative estimate of drug-likeness (QED) is 0.619. The molecule has 126 valence electrons. The van der Waals surface area contributed by atoms with Crippen LogP contribution in [0.2, 0.25) is 0 Å². The summed E-state index contributed by atoms with van der Waals surface area (Å²) in [5, 5.41) is 10.8. The number of carbonyl (C=O) groups excluding carboxylic acids is 1. The van der Waals surface area contributed by atoms with Crippen molar-refractivity contribution in [3.8, 4) is 0 Å². The van der Waals surface area contributed by atoms with Crippen molar-refractivity contribution < 1.29 is 18.5 Å². The van der Waals surface area contributed by atoms with Crippen molar-refractivity contribution in [1.29, 1.82) is 0 Å². The zero-order valence-corrected chi connectivity index (χ0v) is 13.2. The van der Waals surface area contributed by atoms with Crippen LogP contribution in [0.5, 0.6) is 0 Å². The van der Waals surface area contributed by atoms with Gasteiger partial charge in [0.1, 0.15) is 11.6 Å². The molecule has 0 radical (unpaired) electrons. The van der Waals surface area contributed by atoms with Crippen molar-refractivity contribution in [2.45, 2.75) is 19.4 Å². The van der Waals surface area contributed by atoms with E-state index in [1.165, 1.54) is 30.1 Å². The average Bonchev–Trinajstić information content (AvgIpc) is 2.55. The molecular formula is C17H16F2N2O3. The van der Waals surface area contributed by atoms with Gasteiger partial charge in [-0.2, -0.15) is 0 Å². The van der Waals surface area contributed by atoms with E-state index in [0.29, 0.717) is 5.56 Å². The van der Waals surface area contributed by atoms with Gasteiger partial charge in [0.15, 0.2) is 0 Å². The Morgan fingerprint density at radius 2 is 1.96 bits per heavy atom. The van der Waals surface area contributed by atoms with Crippen LogP contribution in [0.4, 0.5) is 14.5 Å². The number of benzene rings is 2. The molecule has 0 unspecified atom stereocenters. The maximum Gasteiger partial charge on any atom is 0.269 e. The number of non-ortho nitro benzene ring substituents is 1. The normalized spacial score (nSPS) is 11.8. The Morgan fingerprint density at radius 1 is 1.25 bits per heavy atom. The van der Waals surface area contributed by atoms with Crippen LogP contribution in [-0.2, 0) is 11.2 Å². The molecule has 0 bridgehead atoms. The molecule has 5 nitrogen and oxygen atoms in total. The van der Waals surface area contributed by atoms with Gasteiger partial charge in [-0.1, -0.05) is 12.1 Å². The minimum absolute atomic E-state index is 0.0700. The lowest BCUT2D eigenvalue weighted by Gasteiger charge is -2.26. The summed E-state index contributed by atoms with van der Waals surface area (Å²) in [5.41, 5.74) is 0.449. The van der Waals surface area contributed by atoms with Crippen LogP contribution in [-0.4, -0.2) is 22.8 Å². The molecule has 1 amide bonds. The highest BCUT2D eigenvalue weighted by molar-refractivity contribution is 5.79. The van der Waals surface area contributed by atoms with Gasteiger partial charge in [0.05, 0.1) is 17.4 Å². The van der Waals surface area contributed by atoms with E-state index in [1.54, 1.807) is 13.0 Å². The molecule has 0 fully saturated rings. The fourth-order valence-electron chi connectivity index (χ4n) is 2.34. The second-order valence-electron chi connectivity index (χ2n) is 5.45. The second kappa shape index (κ2) is 7.16. The summed E-state index contributed by atoms with van der Waals surface area (Å²) in [5.74, 6) is -1.54. The number of amides is 1. The third-order valence-corrected chi connectivity index (χ3v) is 3.86. The summed E-state index contributed by atoms with van der Waals surface area (Å²) in [6.45, 7) is 1.59. The van der Waals surface area contributed by atoms with Gasteiger partial charge in [-0.25, -0.2) is 8.78 Å². The third kappa shape index (κ3) is 3.92. The van der Waals surface area contributed by atoms with Crippen molar-refractivity contribution in [1.82, 2.24) is 4.90 Å². The molecule has 0 aliphatic rings. The third-order valence-electron chi connectivity index (χ3n) is 3.86. The van der Waals surface area contributed by atoms with Gasteiger partial charge in [-0.15, -0.1) is 0 Å². The Morgan fingerprint density at radius 3 is 2.62 bits per heavy atom. The molecule has 0 saturated carbocycles. The highest BCUT2D eigenvalue weighted by Gasteiger charge is 2.21. The molecule has 2 aromatic carbocycles. The summed E-state index contributed by atoms with van der Waals surface area (Å²) < 4.78 is 27.1. The lowest BCUT2D eigenvalue weighted by Crippen LogP contribution is -2.31. The first-order valence-electron chi connectivity index (χ1n) is 7.23. The van der Waals surface area contributed by atoms with Crippen LogP contribution in [0.1, 0.15) is 24.1 Å².